The predicted octanol–water partition coefficient (Wildman–Crippen LogP) is 2.13. The number of nitrogen functional groups attached to an aromatic ring is 1. The van der Waals surface area contributed by atoms with Gasteiger partial charge >= 0.3 is 5.97 Å². The molecule has 2 N–H and O–H groups in total. The summed E-state index contributed by atoms with van der Waals surface area (Å²) in [6, 6.07) is 3.99. The Balaban J connectivity index is 2.53. The summed E-state index contributed by atoms with van der Waals surface area (Å²) in [5.41, 5.74) is 5.09. The topological polar surface area (TPSA) is 61.5 Å². The van der Waals surface area contributed by atoms with Gasteiger partial charge in [0.15, 0.2) is 18.2 Å². The van der Waals surface area contributed by atoms with Gasteiger partial charge in [0.25, 0.3) is 0 Å². The SMILES string of the molecule is CC(C)(C)OC(=O)COc1ccc(N)cc1F. The molecule has 0 fully saturated rings. The molecule has 94 valence electrons. The lowest BCUT2D eigenvalue weighted by molar-refractivity contribution is -0.157. The standard InChI is InChI=1S/C12H16FNO3/c1-12(2,3)17-11(15)7-16-10-5-4-8(14)6-9(10)13/h4-6H,7,14H2,1-3H3. The minimum Gasteiger partial charge on any atom is -0.479 e. The van der Waals surface area contributed by atoms with E-state index in [0.29, 0.717) is 5.69 Å². The Morgan fingerprint density at radius 1 is 1.41 bits per heavy atom. The highest BCUT2D eigenvalue weighted by molar-refractivity contribution is 5.71. The van der Waals surface area contributed by atoms with Crippen molar-refractivity contribution in [3.8, 4) is 5.75 Å². The number of anilines is 1. The molecule has 0 atom stereocenters. The van der Waals surface area contributed by atoms with Crippen LogP contribution in [0.2, 0.25) is 0 Å². The van der Waals surface area contributed by atoms with Crippen molar-refractivity contribution in [2.24, 2.45) is 0 Å². The second-order valence-corrected chi connectivity index (χ2v) is 4.56. The molecule has 0 aromatic heterocycles. The van der Waals surface area contributed by atoms with Crippen LogP contribution in [0.3, 0.4) is 0 Å². The number of rotatable bonds is 3. The van der Waals surface area contributed by atoms with Crippen LogP contribution in [-0.4, -0.2) is 18.2 Å². The van der Waals surface area contributed by atoms with Crippen LogP contribution < -0.4 is 10.5 Å². The van der Waals surface area contributed by atoms with E-state index < -0.39 is 17.4 Å². The molecule has 0 saturated carbocycles. The van der Waals surface area contributed by atoms with Crippen molar-refractivity contribution >= 4 is 11.7 Å². The maximum Gasteiger partial charge on any atom is 0.344 e. The van der Waals surface area contributed by atoms with E-state index in [9.17, 15) is 9.18 Å². The van der Waals surface area contributed by atoms with Crippen LogP contribution in [-0.2, 0) is 9.53 Å². The van der Waals surface area contributed by atoms with E-state index in [1.54, 1.807) is 20.8 Å². The van der Waals surface area contributed by atoms with Crippen LogP contribution in [0, 0.1) is 5.82 Å². The quantitative estimate of drug-likeness (QED) is 0.650. The maximum absolute atomic E-state index is 13.3. The number of nitrogens with two attached hydrogens (primary N) is 1. The zero-order valence-corrected chi connectivity index (χ0v) is 10.1. The summed E-state index contributed by atoms with van der Waals surface area (Å²) in [6.45, 7) is 4.90. The lowest BCUT2D eigenvalue weighted by Gasteiger charge is -2.19. The molecule has 5 heteroatoms. The number of benzene rings is 1. The Labute approximate surface area is 99.5 Å². The Morgan fingerprint density at radius 3 is 2.59 bits per heavy atom. The summed E-state index contributed by atoms with van der Waals surface area (Å²) >= 11 is 0. The molecule has 0 unspecified atom stereocenters. The first-order valence-corrected chi connectivity index (χ1v) is 5.17. The molecule has 0 bridgehead atoms. The number of hydrogen-bond acceptors (Lipinski definition) is 4. The predicted molar refractivity (Wildman–Crippen MR) is 62.2 cm³/mol. The van der Waals surface area contributed by atoms with Crippen LogP contribution in [0.1, 0.15) is 20.8 Å². The molecule has 0 heterocycles. The molecule has 0 spiro atoms. The van der Waals surface area contributed by atoms with Gasteiger partial charge in [-0.2, -0.15) is 0 Å². The number of carbonyl (C=O) groups is 1. The molecule has 4 nitrogen and oxygen atoms in total. The van der Waals surface area contributed by atoms with Crippen LogP contribution in [0.25, 0.3) is 0 Å². The van der Waals surface area contributed by atoms with Gasteiger partial charge in [-0.15, -0.1) is 0 Å². The zero-order valence-electron chi connectivity index (χ0n) is 10.1. The maximum atomic E-state index is 13.3. The van der Waals surface area contributed by atoms with Crippen molar-refractivity contribution in [2.45, 2.75) is 26.4 Å². The highest BCUT2D eigenvalue weighted by Crippen LogP contribution is 2.19. The monoisotopic (exact) mass is 241 g/mol. The van der Waals surface area contributed by atoms with Gasteiger partial charge in [0.05, 0.1) is 0 Å². The molecule has 0 saturated heterocycles. The molecular formula is C12H16FNO3. The van der Waals surface area contributed by atoms with Crippen LogP contribution in [0.15, 0.2) is 18.2 Å². The van der Waals surface area contributed by atoms with E-state index in [-0.39, 0.29) is 12.4 Å². The summed E-state index contributed by atoms with van der Waals surface area (Å²) in [7, 11) is 0. The lowest BCUT2D eigenvalue weighted by atomic mass is 10.2. The van der Waals surface area contributed by atoms with E-state index in [1.165, 1.54) is 12.1 Å². The highest BCUT2D eigenvalue weighted by atomic mass is 19.1. The first kappa shape index (κ1) is 13.3. The molecule has 1 aromatic carbocycles. The van der Waals surface area contributed by atoms with Crippen molar-refractivity contribution in [3.05, 3.63) is 24.0 Å². The van der Waals surface area contributed by atoms with Gasteiger partial charge in [-0.25, -0.2) is 9.18 Å². The largest absolute Gasteiger partial charge is 0.479 e. The number of hydrogen-bond donors (Lipinski definition) is 1. The molecule has 17 heavy (non-hydrogen) atoms. The van der Waals surface area contributed by atoms with E-state index >= 15 is 0 Å². The Bertz CT molecular complexity index is 413. The summed E-state index contributed by atoms with van der Waals surface area (Å²) < 4.78 is 23.3. The van der Waals surface area contributed by atoms with Gasteiger partial charge in [-0.3, -0.25) is 0 Å². The first-order chi connectivity index (χ1) is 7.78. The van der Waals surface area contributed by atoms with Crippen molar-refractivity contribution in [2.75, 3.05) is 12.3 Å². The fraction of sp³-hybridized carbons (Fsp3) is 0.417. The third-order valence-corrected chi connectivity index (χ3v) is 1.72. The number of carbonyl (C=O) groups excluding carboxylic acids is 1. The third kappa shape index (κ3) is 4.72. The number of ether oxygens (including phenoxy) is 2. The van der Waals surface area contributed by atoms with E-state index in [2.05, 4.69) is 0 Å². The van der Waals surface area contributed by atoms with Gasteiger partial charge in [0, 0.05) is 11.8 Å². The van der Waals surface area contributed by atoms with E-state index in [1.807, 2.05) is 0 Å². The molecule has 0 aliphatic carbocycles. The molecule has 1 rings (SSSR count). The minimum absolute atomic E-state index is 0.0231. The second kappa shape index (κ2) is 5.03. The first-order valence-electron chi connectivity index (χ1n) is 5.17. The van der Waals surface area contributed by atoms with Crippen molar-refractivity contribution < 1.29 is 18.7 Å². The van der Waals surface area contributed by atoms with Gasteiger partial charge in [0.1, 0.15) is 5.60 Å². The Morgan fingerprint density at radius 2 is 2.06 bits per heavy atom. The molecule has 1 aromatic rings. The molecule has 0 aliphatic heterocycles. The second-order valence-electron chi connectivity index (χ2n) is 4.56. The molecular weight excluding hydrogens is 225 g/mol. The summed E-state index contributed by atoms with van der Waals surface area (Å²) in [6.07, 6.45) is 0. The number of halogens is 1. The fourth-order valence-electron chi connectivity index (χ4n) is 1.14. The normalized spacial score (nSPS) is 11.1. The van der Waals surface area contributed by atoms with Crippen LogP contribution in [0.4, 0.5) is 10.1 Å². The van der Waals surface area contributed by atoms with Crippen LogP contribution >= 0.6 is 0 Å². The molecule has 0 amide bonds. The minimum atomic E-state index is -0.603. The third-order valence-electron chi connectivity index (χ3n) is 1.72. The Hall–Kier alpha value is -1.78. The van der Waals surface area contributed by atoms with Crippen molar-refractivity contribution in [1.29, 1.82) is 0 Å². The number of esters is 1. The lowest BCUT2D eigenvalue weighted by Crippen LogP contribution is -2.27. The summed E-state index contributed by atoms with van der Waals surface area (Å²) in [5, 5.41) is 0. The average Bonchev–Trinajstić information content (AvgIpc) is 2.13. The summed E-state index contributed by atoms with van der Waals surface area (Å²) in [5.74, 6) is -1.17. The van der Waals surface area contributed by atoms with Crippen LogP contribution in [0.5, 0.6) is 5.75 Å². The molecule has 0 radical (unpaired) electrons. The van der Waals surface area contributed by atoms with Crippen molar-refractivity contribution in [1.82, 2.24) is 0 Å². The fourth-order valence-corrected chi connectivity index (χ4v) is 1.14. The van der Waals surface area contributed by atoms with Gasteiger partial charge < -0.3 is 15.2 Å². The van der Waals surface area contributed by atoms with E-state index in [0.717, 1.165) is 6.07 Å². The van der Waals surface area contributed by atoms with Gasteiger partial charge in [-0.05, 0) is 32.9 Å². The van der Waals surface area contributed by atoms with E-state index in [4.69, 9.17) is 15.2 Å². The molecule has 0 aliphatic rings. The summed E-state index contributed by atoms with van der Waals surface area (Å²) in [4.78, 5) is 11.3. The highest BCUT2D eigenvalue weighted by Gasteiger charge is 2.17. The Kier molecular flexibility index (Phi) is 3.93. The zero-order chi connectivity index (χ0) is 13.1. The van der Waals surface area contributed by atoms with Gasteiger partial charge in [-0.1, -0.05) is 0 Å². The average molecular weight is 241 g/mol. The van der Waals surface area contributed by atoms with Crippen molar-refractivity contribution in [3.63, 3.8) is 0 Å². The van der Waals surface area contributed by atoms with Gasteiger partial charge in [0.2, 0.25) is 0 Å². The smallest absolute Gasteiger partial charge is 0.344 e.